The predicted molar refractivity (Wildman–Crippen MR) is 77.3 cm³/mol. The molecule has 0 fully saturated rings. The molecule has 1 atom stereocenters. The molecule has 0 aliphatic carbocycles. The van der Waals surface area contributed by atoms with E-state index in [9.17, 15) is 9.59 Å². The van der Waals surface area contributed by atoms with Crippen LogP contribution in [0.15, 0.2) is 34.8 Å². The Labute approximate surface area is 121 Å². The third kappa shape index (κ3) is 3.92. The third-order valence-corrected chi connectivity index (χ3v) is 2.69. The molecule has 0 saturated heterocycles. The van der Waals surface area contributed by atoms with Gasteiger partial charge in [-0.3, -0.25) is 4.79 Å². The summed E-state index contributed by atoms with van der Waals surface area (Å²) in [7, 11) is 0. The van der Waals surface area contributed by atoms with Gasteiger partial charge >= 0.3 is 5.97 Å². The van der Waals surface area contributed by atoms with Gasteiger partial charge in [-0.1, -0.05) is 12.1 Å². The number of hydrogen-bond acceptors (Lipinski definition) is 5. The minimum absolute atomic E-state index is 0.276. The summed E-state index contributed by atoms with van der Waals surface area (Å²) in [5.74, 6) is -0.561. The fourth-order valence-electron chi connectivity index (χ4n) is 1.70. The summed E-state index contributed by atoms with van der Waals surface area (Å²) < 4.78 is 10.2. The molecule has 2 rings (SSSR count). The largest absolute Gasteiger partial charge is 0.464 e. The summed E-state index contributed by atoms with van der Waals surface area (Å²) in [5.41, 5.74) is 1.37. The van der Waals surface area contributed by atoms with Crippen LogP contribution in [-0.4, -0.2) is 29.5 Å². The highest BCUT2D eigenvalue weighted by molar-refractivity contribution is 5.94. The highest BCUT2D eigenvalue weighted by Crippen LogP contribution is 2.15. The molecule has 1 N–H and O–H groups in total. The lowest BCUT2D eigenvalue weighted by Crippen LogP contribution is -2.38. The van der Waals surface area contributed by atoms with Gasteiger partial charge in [-0.05, 0) is 26.0 Å². The SMILES string of the molecule is CCOC(=O)C(C)NC(=O)C=Cc1nc2ccccc2o1. The maximum Gasteiger partial charge on any atom is 0.328 e. The van der Waals surface area contributed by atoms with Crippen LogP contribution in [0.5, 0.6) is 0 Å². The molecule has 1 unspecified atom stereocenters. The fraction of sp³-hybridized carbons (Fsp3) is 0.267. The Kier molecular flexibility index (Phi) is 4.71. The molecule has 1 aromatic carbocycles. The molecular formula is C15H16N2O4. The van der Waals surface area contributed by atoms with E-state index in [0.29, 0.717) is 11.5 Å². The Balaban J connectivity index is 1.97. The number of fused-ring (bicyclic) bond motifs is 1. The Morgan fingerprint density at radius 2 is 2.19 bits per heavy atom. The molecule has 110 valence electrons. The molecule has 0 saturated carbocycles. The summed E-state index contributed by atoms with van der Waals surface area (Å²) in [5, 5.41) is 2.50. The van der Waals surface area contributed by atoms with Crippen molar-refractivity contribution in [2.75, 3.05) is 6.61 Å². The van der Waals surface area contributed by atoms with E-state index in [1.165, 1.54) is 12.2 Å². The highest BCUT2D eigenvalue weighted by Gasteiger charge is 2.15. The number of amides is 1. The lowest BCUT2D eigenvalue weighted by molar-refractivity contribution is -0.146. The van der Waals surface area contributed by atoms with Crippen molar-refractivity contribution in [1.82, 2.24) is 10.3 Å². The maximum atomic E-state index is 11.7. The quantitative estimate of drug-likeness (QED) is 0.671. The zero-order chi connectivity index (χ0) is 15.2. The lowest BCUT2D eigenvalue weighted by atomic mass is 10.3. The first-order valence-corrected chi connectivity index (χ1v) is 6.61. The number of hydrogen-bond donors (Lipinski definition) is 1. The highest BCUT2D eigenvalue weighted by atomic mass is 16.5. The van der Waals surface area contributed by atoms with Crippen LogP contribution in [0.2, 0.25) is 0 Å². The second-order valence-electron chi connectivity index (χ2n) is 4.34. The number of oxazole rings is 1. The average molecular weight is 288 g/mol. The van der Waals surface area contributed by atoms with E-state index in [4.69, 9.17) is 9.15 Å². The van der Waals surface area contributed by atoms with Crippen LogP contribution >= 0.6 is 0 Å². The molecule has 1 heterocycles. The second kappa shape index (κ2) is 6.69. The van der Waals surface area contributed by atoms with Crippen molar-refractivity contribution < 1.29 is 18.7 Å². The predicted octanol–water partition coefficient (Wildman–Crippen LogP) is 1.91. The molecule has 0 aliphatic rings. The van der Waals surface area contributed by atoms with Crippen molar-refractivity contribution >= 4 is 29.1 Å². The van der Waals surface area contributed by atoms with Crippen LogP contribution in [0.3, 0.4) is 0 Å². The Hall–Kier alpha value is -2.63. The molecular weight excluding hydrogens is 272 g/mol. The summed E-state index contributed by atoms with van der Waals surface area (Å²) in [4.78, 5) is 27.3. The van der Waals surface area contributed by atoms with E-state index in [1.807, 2.05) is 18.2 Å². The number of rotatable bonds is 5. The standard InChI is InChI=1S/C15H16N2O4/c1-3-20-15(19)10(2)16-13(18)8-9-14-17-11-6-4-5-7-12(11)21-14/h4-10H,3H2,1-2H3,(H,16,18). The van der Waals surface area contributed by atoms with Crippen LogP contribution < -0.4 is 5.32 Å². The number of carbonyl (C=O) groups is 2. The van der Waals surface area contributed by atoms with Crippen LogP contribution in [0, 0.1) is 0 Å². The van der Waals surface area contributed by atoms with Gasteiger partial charge in [0.15, 0.2) is 5.58 Å². The van der Waals surface area contributed by atoms with Gasteiger partial charge in [-0.2, -0.15) is 0 Å². The van der Waals surface area contributed by atoms with Gasteiger partial charge in [0.05, 0.1) is 6.61 Å². The third-order valence-electron chi connectivity index (χ3n) is 2.69. The van der Waals surface area contributed by atoms with Gasteiger partial charge in [0.1, 0.15) is 11.6 Å². The molecule has 0 spiro atoms. The van der Waals surface area contributed by atoms with E-state index in [-0.39, 0.29) is 6.61 Å². The minimum atomic E-state index is -0.703. The normalized spacial score (nSPS) is 12.5. The fourth-order valence-corrected chi connectivity index (χ4v) is 1.70. The molecule has 2 aromatic rings. The van der Waals surface area contributed by atoms with E-state index in [0.717, 1.165) is 5.52 Å². The van der Waals surface area contributed by atoms with Crippen molar-refractivity contribution in [2.45, 2.75) is 19.9 Å². The number of nitrogens with zero attached hydrogens (tertiary/aromatic N) is 1. The number of aromatic nitrogens is 1. The molecule has 21 heavy (non-hydrogen) atoms. The molecule has 0 bridgehead atoms. The zero-order valence-electron chi connectivity index (χ0n) is 11.8. The van der Waals surface area contributed by atoms with Gasteiger partial charge in [0.25, 0.3) is 0 Å². The molecule has 0 aliphatic heterocycles. The molecule has 0 radical (unpaired) electrons. The van der Waals surface area contributed by atoms with Gasteiger partial charge in [0, 0.05) is 12.2 Å². The van der Waals surface area contributed by atoms with Gasteiger partial charge < -0.3 is 14.5 Å². The summed E-state index contributed by atoms with van der Waals surface area (Å²) in [6, 6.07) is 6.60. The van der Waals surface area contributed by atoms with E-state index < -0.39 is 17.9 Å². The second-order valence-corrected chi connectivity index (χ2v) is 4.34. The summed E-state index contributed by atoms with van der Waals surface area (Å²) >= 11 is 0. The number of ether oxygens (including phenoxy) is 1. The van der Waals surface area contributed by atoms with Crippen molar-refractivity contribution in [3.05, 3.63) is 36.2 Å². The number of para-hydroxylation sites is 2. The Bertz CT molecular complexity index is 642. The number of benzene rings is 1. The number of nitrogens with one attached hydrogen (secondary N) is 1. The van der Waals surface area contributed by atoms with Crippen molar-refractivity contribution in [3.8, 4) is 0 Å². The summed E-state index contributed by atoms with van der Waals surface area (Å²) in [6.45, 7) is 3.54. The van der Waals surface area contributed by atoms with Crippen LogP contribution in [-0.2, 0) is 14.3 Å². The van der Waals surface area contributed by atoms with E-state index in [1.54, 1.807) is 19.9 Å². The van der Waals surface area contributed by atoms with E-state index >= 15 is 0 Å². The summed E-state index contributed by atoms with van der Waals surface area (Å²) in [6.07, 6.45) is 2.72. The maximum absolute atomic E-state index is 11.7. The monoisotopic (exact) mass is 288 g/mol. The average Bonchev–Trinajstić information content (AvgIpc) is 2.88. The van der Waals surface area contributed by atoms with Crippen molar-refractivity contribution in [2.24, 2.45) is 0 Å². The van der Waals surface area contributed by atoms with Crippen LogP contribution in [0.4, 0.5) is 0 Å². The number of carbonyl (C=O) groups excluding carboxylic acids is 2. The molecule has 1 amide bonds. The van der Waals surface area contributed by atoms with Crippen molar-refractivity contribution in [3.63, 3.8) is 0 Å². The zero-order valence-corrected chi connectivity index (χ0v) is 11.8. The topological polar surface area (TPSA) is 81.4 Å². The minimum Gasteiger partial charge on any atom is -0.464 e. The number of esters is 1. The first-order valence-electron chi connectivity index (χ1n) is 6.61. The smallest absolute Gasteiger partial charge is 0.328 e. The first kappa shape index (κ1) is 14.8. The van der Waals surface area contributed by atoms with Crippen LogP contribution in [0.25, 0.3) is 17.2 Å². The first-order chi connectivity index (χ1) is 10.1. The molecule has 6 heteroatoms. The van der Waals surface area contributed by atoms with Gasteiger partial charge in [-0.15, -0.1) is 0 Å². The van der Waals surface area contributed by atoms with E-state index in [2.05, 4.69) is 10.3 Å². The Morgan fingerprint density at radius 3 is 2.90 bits per heavy atom. The van der Waals surface area contributed by atoms with Crippen LogP contribution in [0.1, 0.15) is 19.7 Å². The molecule has 6 nitrogen and oxygen atoms in total. The molecule has 1 aromatic heterocycles. The van der Waals surface area contributed by atoms with Gasteiger partial charge in [-0.25, -0.2) is 9.78 Å². The Morgan fingerprint density at radius 1 is 1.43 bits per heavy atom. The van der Waals surface area contributed by atoms with Gasteiger partial charge in [0.2, 0.25) is 11.8 Å². The van der Waals surface area contributed by atoms with Crippen molar-refractivity contribution in [1.29, 1.82) is 0 Å². The lowest BCUT2D eigenvalue weighted by Gasteiger charge is -2.10.